The molecule has 1 atom stereocenters. The molecule has 1 aliphatic rings. The minimum absolute atomic E-state index is 0.0153. The Balaban J connectivity index is 1.83. The van der Waals surface area contributed by atoms with E-state index in [1.54, 1.807) is 18.3 Å². The summed E-state index contributed by atoms with van der Waals surface area (Å²) in [5, 5.41) is 3.72. The predicted molar refractivity (Wildman–Crippen MR) is 124 cm³/mol. The first-order valence-corrected chi connectivity index (χ1v) is 12.8. The van der Waals surface area contributed by atoms with Crippen LogP contribution in [0, 0.1) is 0 Å². The molecule has 0 saturated carbocycles. The number of rotatable bonds is 8. The summed E-state index contributed by atoms with van der Waals surface area (Å²) in [4.78, 5) is 17.5. The SMILES string of the molecule is CC(NC(=O)c1ccc(Cl)cc1Cl)C1(c2ccccn2)CCN(S(=O)(=O)CCCF)CC1. The molecule has 3 rings (SSSR count). The smallest absolute Gasteiger partial charge is 0.253 e. The summed E-state index contributed by atoms with van der Waals surface area (Å²) in [5.74, 6) is -0.547. The van der Waals surface area contributed by atoms with Crippen molar-refractivity contribution in [2.45, 2.75) is 37.6 Å². The van der Waals surface area contributed by atoms with Crippen molar-refractivity contribution in [3.8, 4) is 0 Å². The standard InChI is InChI=1S/C22H26Cl2FN3O3S/c1-16(27-21(29)18-7-6-17(23)15-19(18)24)22(20-5-2-3-11-26-20)8-12-28(13-9-22)32(30,31)14-4-10-25/h2-3,5-7,11,15-16H,4,8-10,12-14H2,1H3,(H,27,29). The summed E-state index contributed by atoms with van der Waals surface area (Å²) in [5.41, 5.74) is 0.531. The van der Waals surface area contributed by atoms with Crippen LogP contribution in [0.15, 0.2) is 42.6 Å². The Kier molecular flexibility index (Phi) is 8.14. The maximum atomic E-state index is 12.9. The van der Waals surface area contributed by atoms with E-state index in [2.05, 4.69) is 10.3 Å². The average molecular weight is 502 g/mol. The molecule has 10 heteroatoms. The van der Waals surface area contributed by atoms with Gasteiger partial charge in [0.1, 0.15) is 0 Å². The lowest BCUT2D eigenvalue weighted by Gasteiger charge is -2.45. The minimum Gasteiger partial charge on any atom is -0.349 e. The molecule has 0 spiro atoms. The molecule has 1 N–H and O–H groups in total. The highest BCUT2D eigenvalue weighted by Gasteiger charge is 2.44. The number of hydrogen-bond acceptors (Lipinski definition) is 4. The molecule has 6 nitrogen and oxygen atoms in total. The number of halogens is 3. The monoisotopic (exact) mass is 501 g/mol. The van der Waals surface area contributed by atoms with Crippen molar-refractivity contribution in [3.05, 3.63) is 63.9 Å². The second-order valence-corrected chi connectivity index (χ2v) is 10.9. The minimum atomic E-state index is -3.52. The molecular weight excluding hydrogens is 476 g/mol. The van der Waals surface area contributed by atoms with Crippen LogP contribution in [0.2, 0.25) is 10.0 Å². The molecule has 0 aliphatic carbocycles. The van der Waals surface area contributed by atoms with Crippen molar-refractivity contribution < 1.29 is 17.6 Å². The van der Waals surface area contributed by atoms with E-state index in [4.69, 9.17) is 23.2 Å². The van der Waals surface area contributed by atoms with Gasteiger partial charge in [-0.05, 0) is 56.5 Å². The maximum absolute atomic E-state index is 12.9. The van der Waals surface area contributed by atoms with Crippen molar-refractivity contribution in [2.24, 2.45) is 0 Å². The largest absolute Gasteiger partial charge is 0.349 e. The fourth-order valence-electron chi connectivity index (χ4n) is 4.18. The molecule has 2 aromatic rings. The van der Waals surface area contributed by atoms with Crippen molar-refractivity contribution in [2.75, 3.05) is 25.5 Å². The number of alkyl halides is 1. The third-order valence-electron chi connectivity index (χ3n) is 6.07. The molecule has 0 radical (unpaired) electrons. The van der Waals surface area contributed by atoms with E-state index < -0.39 is 22.1 Å². The van der Waals surface area contributed by atoms with E-state index in [0.29, 0.717) is 23.4 Å². The van der Waals surface area contributed by atoms with Gasteiger partial charge >= 0.3 is 0 Å². The normalized spacial score (nSPS) is 17.6. The van der Waals surface area contributed by atoms with Crippen molar-refractivity contribution >= 4 is 39.1 Å². The van der Waals surface area contributed by atoms with Crippen LogP contribution in [0.4, 0.5) is 4.39 Å². The van der Waals surface area contributed by atoms with Gasteiger partial charge in [0.15, 0.2) is 0 Å². The summed E-state index contributed by atoms with van der Waals surface area (Å²) >= 11 is 12.1. The summed E-state index contributed by atoms with van der Waals surface area (Å²) in [6.45, 7) is 1.77. The maximum Gasteiger partial charge on any atom is 0.253 e. The molecular formula is C22H26Cl2FN3O3S. The first-order chi connectivity index (χ1) is 15.2. The molecule has 32 heavy (non-hydrogen) atoms. The number of nitrogens with zero attached hydrogens (tertiary/aromatic N) is 2. The van der Waals surface area contributed by atoms with E-state index in [0.717, 1.165) is 5.69 Å². The molecule has 1 unspecified atom stereocenters. The van der Waals surface area contributed by atoms with Gasteiger partial charge in [0.25, 0.3) is 5.91 Å². The van der Waals surface area contributed by atoms with Crippen molar-refractivity contribution in [1.29, 1.82) is 0 Å². The zero-order valence-electron chi connectivity index (χ0n) is 17.7. The summed E-state index contributed by atoms with van der Waals surface area (Å²) in [6.07, 6.45) is 2.61. The summed E-state index contributed by atoms with van der Waals surface area (Å²) in [6, 6.07) is 9.90. The third-order valence-corrected chi connectivity index (χ3v) is 8.58. The Labute approximate surface area is 198 Å². The predicted octanol–water partition coefficient (Wildman–Crippen LogP) is 4.23. The Bertz CT molecular complexity index is 1050. The van der Waals surface area contributed by atoms with Crippen LogP contribution in [0.25, 0.3) is 0 Å². The van der Waals surface area contributed by atoms with Gasteiger partial charge in [0, 0.05) is 41.5 Å². The lowest BCUT2D eigenvalue weighted by atomic mass is 9.70. The Morgan fingerprint density at radius 3 is 2.56 bits per heavy atom. The number of amides is 1. The highest BCUT2D eigenvalue weighted by molar-refractivity contribution is 7.89. The molecule has 1 saturated heterocycles. The van der Waals surface area contributed by atoms with Crippen LogP contribution in [-0.4, -0.2) is 55.2 Å². The Morgan fingerprint density at radius 2 is 1.97 bits per heavy atom. The highest BCUT2D eigenvalue weighted by atomic mass is 35.5. The molecule has 1 aromatic carbocycles. The lowest BCUT2D eigenvalue weighted by Crippen LogP contribution is -2.55. The molecule has 1 aliphatic heterocycles. The van der Waals surface area contributed by atoms with Crippen LogP contribution < -0.4 is 5.32 Å². The number of benzene rings is 1. The van der Waals surface area contributed by atoms with Crippen molar-refractivity contribution in [1.82, 2.24) is 14.6 Å². The van der Waals surface area contributed by atoms with Crippen LogP contribution >= 0.6 is 23.2 Å². The molecule has 1 fully saturated rings. The summed E-state index contributed by atoms with van der Waals surface area (Å²) in [7, 11) is -3.52. The number of aromatic nitrogens is 1. The van der Waals surface area contributed by atoms with Gasteiger partial charge in [-0.3, -0.25) is 14.2 Å². The topological polar surface area (TPSA) is 79.4 Å². The Morgan fingerprint density at radius 1 is 1.25 bits per heavy atom. The number of sulfonamides is 1. The van der Waals surface area contributed by atoms with E-state index >= 15 is 0 Å². The second kappa shape index (κ2) is 10.5. The number of hydrogen-bond donors (Lipinski definition) is 1. The van der Waals surface area contributed by atoms with Gasteiger partial charge in [0.2, 0.25) is 10.0 Å². The fourth-order valence-corrected chi connectivity index (χ4v) is 6.15. The van der Waals surface area contributed by atoms with E-state index in [-0.39, 0.29) is 42.2 Å². The zero-order valence-corrected chi connectivity index (χ0v) is 20.1. The molecule has 174 valence electrons. The molecule has 1 amide bonds. The second-order valence-electron chi connectivity index (χ2n) is 7.95. The number of nitrogens with one attached hydrogen (secondary N) is 1. The Hall–Kier alpha value is -1.74. The van der Waals surface area contributed by atoms with Crippen LogP contribution in [0.3, 0.4) is 0 Å². The quantitative estimate of drug-likeness (QED) is 0.586. The third kappa shape index (κ3) is 5.42. The fraction of sp³-hybridized carbons (Fsp3) is 0.455. The lowest BCUT2D eigenvalue weighted by molar-refractivity contribution is 0.0893. The number of carbonyl (C=O) groups excluding carboxylic acids is 1. The van der Waals surface area contributed by atoms with Crippen molar-refractivity contribution in [3.63, 3.8) is 0 Å². The first-order valence-electron chi connectivity index (χ1n) is 10.4. The van der Waals surface area contributed by atoms with Gasteiger partial charge in [-0.25, -0.2) is 12.7 Å². The van der Waals surface area contributed by atoms with Gasteiger partial charge < -0.3 is 5.32 Å². The van der Waals surface area contributed by atoms with E-state index in [1.165, 1.54) is 10.4 Å². The van der Waals surface area contributed by atoms with Gasteiger partial charge in [-0.2, -0.15) is 0 Å². The molecule has 0 bridgehead atoms. The van der Waals surface area contributed by atoms with Crippen LogP contribution in [0.5, 0.6) is 0 Å². The number of carbonyl (C=O) groups is 1. The zero-order chi connectivity index (χ0) is 23.4. The van der Waals surface area contributed by atoms with E-state index in [1.807, 2.05) is 25.1 Å². The first kappa shape index (κ1) is 24.9. The van der Waals surface area contributed by atoms with Crippen LogP contribution in [0.1, 0.15) is 42.2 Å². The highest BCUT2D eigenvalue weighted by Crippen LogP contribution is 2.38. The van der Waals surface area contributed by atoms with Crippen LogP contribution in [-0.2, 0) is 15.4 Å². The average Bonchev–Trinajstić information content (AvgIpc) is 2.78. The van der Waals surface area contributed by atoms with Gasteiger partial charge in [-0.1, -0.05) is 29.3 Å². The molecule has 2 heterocycles. The van der Waals surface area contributed by atoms with Gasteiger partial charge in [-0.15, -0.1) is 0 Å². The molecule has 1 aromatic heterocycles. The number of pyridine rings is 1. The van der Waals surface area contributed by atoms with Gasteiger partial charge in [0.05, 0.1) is 23.0 Å². The summed E-state index contributed by atoms with van der Waals surface area (Å²) < 4.78 is 39.0. The van der Waals surface area contributed by atoms with E-state index in [9.17, 15) is 17.6 Å². The number of piperidine rings is 1.